The van der Waals surface area contributed by atoms with E-state index >= 15 is 0 Å². The van der Waals surface area contributed by atoms with Crippen LogP contribution in [0.4, 0.5) is 0 Å². The zero-order valence-corrected chi connectivity index (χ0v) is 9.72. The summed E-state index contributed by atoms with van der Waals surface area (Å²) in [5, 5.41) is 3.31. The van der Waals surface area contributed by atoms with Crippen LogP contribution in [0.2, 0.25) is 0 Å². The molecule has 0 saturated carbocycles. The minimum absolute atomic E-state index is 0.0139. The molecule has 0 spiro atoms. The fraction of sp³-hybridized carbons (Fsp3) is 0.909. The second-order valence-electron chi connectivity index (χ2n) is 4.60. The van der Waals surface area contributed by atoms with Gasteiger partial charge in [0.05, 0.1) is 6.04 Å². The molecule has 0 rings (SSSR count). The van der Waals surface area contributed by atoms with Gasteiger partial charge in [-0.25, -0.2) is 0 Å². The van der Waals surface area contributed by atoms with Gasteiger partial charge in [0.25, 0.3) is 0 Å². The lowest BCUT2D eigenvalue weighted by Gasteiger charge is -2.25. The number of nitrogens with one attached hydrogen (secondary N) is 1. The van der Waals surface area contributed by atoms with E-state index in [0.29, 0.717) is 17.7 Å². The molecule has 0 amide bonds. The lowest BCUT2D eigenvalue weighted by atomic mass is 9.92. The van der Waals surface area contributed by atoms with Crippen LogP contribution in [0.5, 0.6) is 0 Å². The molecule has 0 saturated heterocycles. The van der Waals surface area contributed by atoms with E-state index in [4.69, 9.17) is 0 Å². The van der Waals surface area contributed by atoms with E-state index in [1.54, 1.807) is 0 Å². The van der Waals surface area contributed by atoms with Gasteiger partial charge in [0, 0.05) is 12.0 Å². The lowest BCUT2D eigenvalue weighted by molar-refractivity contribution is -0.125. The first-order valence-corrected chi connectivity index (χ1v) is 5.16. The SMILES string of the molecule is CC(C)N[C@@H](C(=O)C(C)C)C(C)C. The van der Waals surface area contributed by atoms with Crippen molar-refractivity contribution in [2.45, 2.75) is 53.6 Å². The number of Topliss-reactive ketones (excluding diaryl/α,β-unsaturated/α-hetero) is 1. The Bertz CT molecular complexity index is 161. The van der Waals surface area contributed by atoms with Gasteiger partial charge in [-0.3, -0.25) is 4.79 Å². The lowest BCUT2D eigenvalue weighted by Crippen LogP contribution is -2.46. The van der Waals surface area contributed by atoms with E-state index in [1.807, 2.05) is 13.8 Å². The van der Waals surface area contributed by atoms with Gasteiger partial charge in [0.15, 0.2) is 5.78 Å². The van der Waals surface area contributed by atoms with E-state index in [-0.39, 0.29) is 12.0 Å². The summed E-state index contributed by atoms with van der Waals surface area (Å²) in [4.78, 5) is 11.8. The predicted octanol–water partition coefficient (Wildman–Crippen LogP) is 2.23. The molecule has 2 nitrogen and oxygen atoms in total. The van der Waals surface area contributed by atoms with Gasteiger partial charge >= 0.3 is 0 Å². The minimum Gasteiger partial charge on any atom is -0.305 e. The van der Waals surface area contributed by atoms with Gasteiger partial charge in [-0.2, -0.15) is 0 Å². The largest absolute Gasteiger partial charge is 0.305 e. The zero-order chi connectivity index (χ0) is 10.6. The first kappa shape index (κ1) is 12.6. The van der Waals surface area contributed by atoms with Crippen molar-refractivity contribution in [3.05, 3.63) is 0 Å². The summed E-state index contributed by atoms with van der Waals surface area (Å²) in [6.45, 7) is 12.2. The molecule has 0 aliphatic carbocycles. The number of carbonyl (C=O) groups excluding carboxylic acids is 1. The third-order valence-electron chi connectivity index (χ3n) is 2.06. The van der Waals surface area contributed by atoms with Crippen molar-refractivity contribution in [3.8, 4) is 0 Å². The van der Waals surface area contributed by atoms with Crippen molar-refractivity contribution < 1.29 is 4.79 Å². The Hall–Kier alpha value is -0.370. The fourth-order valence-electron chi connectivity index (χ4n) is 1.32. The summed E-state index contributed by atoms with van der Waals surface area (Å²) >= 11 is 0. The number of rotatable bonds is 5. The molecule has 13 heavy (non-hydrogen) atoms. The third kappa shape index (κ3) is 4.41. The maximum absolute atomic E-state index is 11.8. The summed E-state index contributed by atoms with van der Waals surface area (Å²) in [6.07, 6.45) is 0. The van der Waals surface area contributed by atoms with E-state index < -0.39 is 0 Å². The fourth-order valence-corrected chi connectivity index (χ4v) is 1.32. The van der Waals surface area contributed by atoms with E-state index in [0.717, 1.165) is 0 Å². The van der Waals surface area contributed by atoms with Gasteiger partial charge < -0.3 is 5.32 Å². The molecular formula is C11H23NO. The summed E-state index contributed by atoms with van der Waals surface area (Å²) in [6, 6.07) is 0.384. The molecule has 0 fully saturated rings. The highest BCUT2D eigenvalue weighted by Crippen LogP contribution is 2.09. The van der Waals surface area contributed by atoms with Gasteiger partial charge in [-0.05, 0) is 5.92 Å². The highest BCUT2D eigenvalue weighted by Gasteiger charge is 2.24. The van der Waals surface area contributed by atoms with Gasteiger partial charge in [0.2, 0.25) is 0 Å². The van der Waals surface area contributed by atoms with Gasteiger partial charge in [-0.1, -0.05) is 41.5 Å². The molecule has 0 aromatic rings. The average molecular weight is 185 g/mol. The number of ketones is 1. The van der Waals surface area contributed by atoms with Crippen molar-refractivity contribution in [3.63, 3.8) is 0 Å². The Morgan fingerprint density at radius 2 is 1.46 bits per heavy atom. The molecular weight excluding hydrogens is 162 g/mol. The number of carbonyl (C=O) groups is 1. The third-order valence-corrected chi connectivity index (χ3v) is 2.06. The van der Waals surface area contributed by atoms with Crippen LogP contribution in [-0.4, -0.2) is 17.9 Å². The maximum Gasteiger partial charge on any atom is 0.152 e. The van der Waals surface area contributed by atoms with Gasteiger partial charge in [-0.15, -0.1) is 0 Å². The van der Waals surface area contributed by atoms with Crippen LogP contribution in [0.1, 0.15) is 41.5 Å². The molecule has 1 N–H and O–H groups in total. The van der Waals surface area contributed by atoms with E-state index in [1.165, 1.54) is 0 Å². The van der Waals surface area contributed by atoms with Crippen molar-refractivity contribution in [2.24, 2.45) is 11.8 Å². The summed E-state index contributed by atoms with van der Waals surface area (Å²) in [7, 11) is 0. The summed E-state index contributed by atoms with van der Waals surface area (Å²) in [5.74, 6) is 0.819. The summed E-state index contributed by atoms with van der Waals surface area (Å²) < 4.78 is 0. The maximum atomic E-state index is 11.8. The monoisotopic (exact) mass is 185 g/mol. The first-order valence-electron chi connectivity index (χ1n) is 5.16. The molecule has 0 aliphatic rings. The minimum atomic E-state index is 0.0139. The van der Waals surface area contributed by atoms with E-state index in [2.05, 4.69) is 33.0 Å². The van der Waals surface area contributed by atoms with Crippen molar-refractivity contribution in [1.29, 1.82) is 0 Å². The van der Waals surface area contributed by atoms with Crippen molar-refractivity contribution in [1.82, 2.24) is 5.32 Å². The topological polar surface area (TPSA) is 29.1 Å². The van der Waals surface area contributed by atoms with E-state index in [9.17, 15) is 4.79 Å². The highest BCUT2D eigenvalue weighted by atomic mass is 16.1. The normalized spacial score (nSPS) is 14.2. The quantitative estimate of drug-likeness (QED) is 0.711. The second-order valence-corrected chi connectivity index (χ2v) is 4.60. The number of hydrogen-bond acceptors (Lipinski definition) is 2. The Labute approximate surface area is 82.1 Å². The Morgan fingerprint density at radius 1 is 1.00 bits per heavy atom. The number of hydrogen-bond donors (Lipinski definition) is 1. The van der Waals surface area contributed by atoms with Crippen LogP contribution in [0.3, 0.4) is 0 Å². The zero-order valence-electron chi connectivity index (χ0n) is 9.72. The molecule has 0 unspecified atom stereocenters. The average Bonchev–Trinajstić information content (AvgIpc) is 1.97. The van der Waals surface area contributed by atoms with Crippen molar-refractivity contribution >= 4 is 5.78 Å². The Morgan fingerprint density at radius 3 is 1.69 bits per heavy atom. The van der Waals surface area contributed by atoms with Crippen LogP contribution >= 0.6 is 0 Å². The molecule has 0 heterocycles. The molecule has 78 valence electrons. The van der Waals surface area contributed by atoms with Crippen LogP contribution in [0.25, 0.3) is 0 Å². The van der Waals surface area contributed by atoms with Crippen LogP contribution in [0, 0.1) is 11.8 Å². The Kier molecular flexibility index (Phi) is 5.23. The molecule has 2 heteroatoms. The molecule has 1 atom stereocenters. The molecule has 0 radical (unpaired) electrons. The molecule has 0 aliphatic heterocycles. The van der Waals surface area contributed by atoms with Gasteiger partial charge in [0.1, 0.15) is 0 Å². The molecule has 0 aromatic heterocycles. The summed E-state index contributed by atoms with van der Waals surface area (Å²) in [5.41, 5.74) is 0. The second kappa shape index (κ2) is 5.38. The Balaban J connectivity index is 4.33. The smallest absolute Gasteiger partial charge is 0.152 e. The molecule has 0 aromatic carbocycles. The standard InChI is InChI=1S/C11H23NO/c1-7(2)10(12-9(5)6)11(13)8(3)4/h7-10,12H,1-6H3/t10-/m1/s1. The van der Waals surface area contributed by atoms with Crippen LogP contribution in [-0.2, 0) is 4.79 Å². The van der Waals surface area contributed by atoms with Crippen molar-refractivity contribution in [2.75, 3.05) is 0 Å². The van der Waals surface area contributed by atoms with Crippen LogP contribution < -0.4 is 5.32 Å². The highest BCUT2D eigenvalue weighted by molar-refractivity contribution is 5.85. The first-order chi connectivity index (χ1) is 5.86. The predicted molar refractivity (Wildman–Crippen MR) is 56.7 cm³/mol. The molecule has 0 bridgehead atoms. The van der Waals surface area contributed by atoms with Crippen LogP contribution in [0.15, 0.2) is 0 Å².